The molecule has 0 radical (unpaired) electrons. The van der Waals surface area contributed by atoms with Crippen LogP contribution in [0.3, 0.4) is 0 Å². The van der Waals surface area contributed by atoms with Gasteiger partial charge in [0, 0.05) is 35.8 Å². The molecular weight excluding hydrogens is 352 g/mol. The Morgan fingerprint density at radius 3 is 2.68 bits per heavy atom. The van der Waals surface area contributed by atoms with Crippen molar-refractivity contribution >= 4 is 22.4 Å². The number of nitrogens with zero attached hydrogens (tertiary/aromatic N) is 1. The van der Waals surface area contributed by atoms with Crippen LogP contribution in [0.25, 0.3) is 10.9 Å². The summed E-state index contributed by atoms with van der Waals surface area (Å²) in [4.78, 5) is 12.9. The van der Waals surface area contributed by atoms with Crippen molar-refractivity contribution in [3.63, 3.8) is 0 Å². The van der Waals surface area contributed by atoms with Gasteiger partial charge in [0.1, 0.15) is 5.76 Å². The molecule has 0 saturated heterocycles. The summed E-state index contributed by atoms with van der Waals surface area (Å²) in [5.74, 6) is 0.805. The minimum atomic E-state index is -0.447. The smallest absolute Gasteiger partial charge is 0.162 e. The number of ketones is 1. The van der Waals surface area contributed by atoms with E-state index in [1.165, 1.54) is 29.4 Å². The average Bonchev–Trinajstić information content (AvgIpc) is 3.60. The molecule has 3 N–H and O–H groups in total. The fourth-order valence-electron chi connectivity index (χ4n) is 4.59. The van der Waals surface area contributed by atoms with Crippen LogP contribution in [0.1, 0.15) is 50.1 Å². The Bertz CT molecular complexity index is 1040. The van der Waals surface area contributed by atoms with Gasteiger partial charge in [-0.15, -0.1) is 0 Å². The van der Waals surface area contributed by atoms with Gasteiger partial charge in [-0.3, -0.25) is 4.79 Å². The molecule has 2 saturated carbocycles. The maximum absolute atomic E-state index is 12.9. The van der Waals surface area contributed by atoms with Gasteiger partial charge >= 0.3 is 0 Å². The standard InChI is InChI=1S/C23H26N2O3/c1-25-18-6-5-17(10-15(18)11-19(25)14-2-3-14)24-13-22(28)23(8-9-23)16-4-7-20(26)21(27)12-16/h5-6,10-12,14,24,26-27H,2-4,7-9,13H2,1H3. The molecule has 28 heavy (non-hydrogen) atoms. The number of carbonyl (C=O) groups excluding carboxylic acids is 1. The summed E-state index contributed by atoms with van der Waals surface area (Å²) in [7, 11) is 2.13. The Morgan fingerprint density at radius 2 is 2.00 bits per heavy atom. The number of rotatable bonds is 6. The minimum absolute atomic E-state index is 0.0202. The lowest BCUT2D eigenvalue weighted by Crippen LogP contribution is -2.27. The molecule has 3 aliphatic carbocycles. The summed E-state index contributed by atoms with van der Waals surface area (Å²) < 4.78 is 2.28. The molecular formula is C23H26N2O3. The van der Waals surface area contributed by atoms with E-state index in [1.54, 1.807) is 6.08 Å². The number of fused-ring (bicyclic) bond motifs is 1. The number of allylic oxidation sites excluding steroid dienone is 3. The molecule has 0 unspecified atom stereocenters. The molecule has 5 rings (SSSR count). The number of carbonyl (C=O) groups is 1. The summed E-state index contributed by atoms with van der Waals surface area (Å²) in [5.41, 5.74) is 4.11. The number of aliphatic hydroxyl groups excluding tert-OH is 2. The number of nitrogens with one attached hydrogen (secondary N) is 1. The van der Waals surface area contributed by atoms with Gasteiger partial charge in [-0.05, 0) is 68.4 Å². The molecule has 0 spiro atoms. The highest BCUT2D eigenvalue weighted by Crippen LogP contribution is 2.55. The SMILES string of the molecule is Cn1c(C2CC2)cc2cc(NCC(=O)C3(C4=CC(O)=C(O)CC4)CC3)ccc21. The van der Waals surface area contributed by atoms with E-state index < -0.39 is 5.41 Å². The van der Waals surface area contributed by atoms with Crippen LogP contribution in [0.2, 0.25) is 0 Å². The number of Topliss-reactive ketones (excluding diaryl/α,β-unsaturated/α-hetero) is 1. The zero-order valence-corrected chi connectivity index (χ0v) is 16.2. The monoisotopic (exact) mass is 378 g/mol. The van der Waals surface area contributed by atoms with Crippen LogP contribution in [0, 0.1) is 5.41 Å². The zero-order valence-electron chi connectivity index (χ0n) is 16.2. The second-order valence-electron chi connectivity index (χ2n) is 8.54. The molecule has 0 aliphatic heterocycles. The molecule has 2 fully saturated rings. The summed E-state index contributed by atoms with van der Waals surface area (Å²) in [5, 5.41) is 23.9. The molecule has 1 heterocycles. The summed E-state index contributed by atoms with van der Waals surface area (Å²) in [6, 6.07) is 8.56. The topological polar surface area (TPSA) is 74.5 Å². The quantitative estimate of drug-likeness (QED) is 0.671. The fraction of sp³-hybridized carbons (Fsp3) is 0.435. The van der Waals surface area contributed by atoms with Gasteiger partial charge in [-0.1, -0.05) is 5.57 Å². The molecule has 1 aromatic carbocycles. The molecule has 2 aromatic rings. The Balaban J connectivity index is 1.31. The maximum Gasteiger partial charge on any atom is 0.162 e. The van der Waals surface area contributed by atoms with Gasteiger partial charge in [0.15, 0.2) is 11.5 Å². The molecule has 1 aromatic heterocycles. The van der Waals surface area contributed by atoms with E-state index in [-0.39, 0.29) is 23.8 Å². The van der Waals surface area contributed by atoms with Gasteiger partial charge in [0.2, 0.25) is 0 Å². The van der Waals surface area contributed by atoms with E-state index in [0.29, 0.717) is 18.8 Å². The highest BCUT2D eigenvalue weighted by molar-refractivity contribution is 5.94. The van der Waals surface area contributed by atoms with E-state index in [0.717, 1.165) is 24.1 Å². The molecule has 0 bridgehead atoms. The largest absolute Gasteiger partial charge is 0.508 e. The highest BCUT2D eigenvalue weighted by atomic mass is 16.3. The van der Waals surface area contributed by atoms with Crippen LogP contribution in [0.4, 0.5) is 5.69 Å². The molecule has 146 valence electrons. The Hall–Kier alpha value is -2.69. The molecule has 0 amide bonds. The van der Waals surface area contributed by atoms with Crippen LogP contribution < -0.4 is 5.32 Å². The second-order valence-corrected chi connectivity index (χ2v) is 8.54. The first-order valence-electron chi connectivity index (χ1n) is 10.2. The van der Waals surface area contributed by atoms with Crippen LogP contribution in [-0.4, -0.2) is 27.1 Å². The highest BCUT2D eigenvalue weighted by Gasteiger charge is 2.52. The van der Waals surface area contributed by atoms with Crippen molar-refractivity contribution in [2.45, 2.75) is 44.4 Å². The number of hydrogen-bond donors (Lipinski definition) is 3. The molecule has 0 atom stereocenters. The second kappa shape index (κ2) is 6.16. The van der Waals surface area contributed by atoms with Crippen molar-refractivity contribution in [3.8, 4) is 0 Å². The average molecular weight is 378 g/mol. The lowest BCUT2D eigenvalue weighted by Gasteiger charge is -2.22. The number of aryl methyl sites for hydroxylation is 1. The predicted molar refractivity (Wildman–Crippen MR) is 110 cm³/mol. The van der Waals surface area contributed by atoms with Gasteiger partial charge < -0.3 is 20.1 Å². The summed E-state index contributed by atoms with van der Waals surface area (Å²) in [6.45, 7) is 0.279. The number of hydrogen-bond acceptors (Lipinski definition) is 4. The van der Waals surface area contributed by atoms with E-state index in [2.05, 4.69) is 35.1 Å². The van der Waals surface area contributed by atoms with Gasteiger partial charge in [0.25, 0.3) is 0 Å². The van der Waals surface area contributed by atoms with Crippen LogP contribution in [0.5, 0.6) is 0 Å². The first-order valence-corrected chi connectivity index (χ1v) is 10.2. The van der Waals surface area contributed by atoms with Crippen LogP contribution in [-0.2, 0) is 11.8 Å². The lowest BCUT2D eigenvalue weighted by atomic mass is 9.84. The number of anilines is 1. The molecule has 5 nitrogen and oxygen atoms in total. The Kier molecular flexibility index (Phi) is 3.83. The van der Waals surface area contributed by atoms with E-state index >= 15 is 0 Å². The van der Waals surface area contributed by atoms with Crippen molar-refractivity contribution in [1.82, 2.24) is 4.57 Å². The van der Waals surface area contributed by atoms with Crippen molar-refractivity contribution in [2.75, 3.05) is 11.9 Å². The predicted octanol–water partition coefficient (Wildman–Crippen LogP) is 4.86. The van der Waals surface area contributed by atoms with Crippen molar-refractivity contribution in [2.24, 2.45) is 12.5 Å². The fourth-order valence-corrected chi connectivity index (χ4v) is 4.59. The van der Waals surface area contributed by atoms with E-state index in [4.69, 9.17) is 0 Å². The third-order valence-corrected chi connectivity index (χ3v) is 6.66. The lowest BCUT2D eigenvalue weighted by molar-refractivity contribution is -0.121. The third kappa shape index (κ3) is 2.81. The van der Waals surface area contributed by atoms with Crippen molar-refractivity contribution in [3.05, 3.63) is 53.1 Å². The zero-order chi connectivity index (χ0) is 19.5. The molecule has 3 aliphatic rings. The van der Waals surface area contributed by atoms with Gasteiger partial charge in [0.05, 0.1) is 12.0 Å². The van der Waals surface area contributed by atoms with Gasteiger partial charge in [-0.25, -0.2) is 0 Å². The van der Waals surface area contributed by atoms with Crippen LogP contribution >= 0.6 is 0 Å². The van der Waals surface area contributed by atoms with Crippen LogP contribution in [0.15, 0.2) is 47.4 Å². The van der Waals surface area contributed by atoms with Gasteiger partial charge in [-0.2, -0.15) is 0 Å². The molecule has 5 heteroatoms. The van der Waals surface area contributed by atoms with E-state index in [9.17, 15) is 15.0 Å². The summed E-state index contributed by atoms with van der Waals surface area (Å²) >= 11 is 0. The number of aliphatic hydroxyl groups is 2. The van der Waals surface area contributed by atoms with E-state index in [1.807, 2.05) is 6.07 Å². The Labute approximate surface area is 164 Å². The Morgan fingerprint density at radius 1 is 1.21 bits per heavy atom. The minimum Gasteiger partial charge on any atom is -0.508 e. The maximum atomic E-state index is 12.9. The number of benzene rings is 1. The van der Waals surface area contributed by atoms with Crippen molar-refractivity contribution in [1.29, 1.82) is 0 Å². The normalized spacial score (nSPS) is 21.0. The summed E-state index contributed by atoms with van der Waals surface area (Å²) in [6.07, 6.45) is 6.87. The third-order valence-electron chi connectivity index (χ3n) is 6.66. The number of aromatic nitrogens is 1. The first kappa shape index (κ1) is 17.4. The first-order chi connectivity index (χ1) is 13.5. The van der Waals surface area contributed by atoms with Crippen molar-refractivity contribution < 1.29 is 15.0 Å².